The normalized spacial score (nSPS) is 14.8. The van der Waals surface area contributed by atoms with E-state index >= 15 is 0 Å². The van der Waals surface area contributed by atoms with Crippen LogP contribution in [0.3, 0.4) is 0 Å². The molecule has 0 aromatic heterocycles. The smallest absolute Gasteiger partial charge is 0.101 e. The minimum atomic E-state index is 0.639. The molecule has 0 radical (unpaired) electrons. The van der Waals surface area contributed by atoms with E-state index in [-0.39, 0.29) is 0 Å². The number of hydrogen-bond donors (Lipinski definition) is 0. The van der Waals surface area contributed by atoms with Gasteiger partial charge >= 0.3 is 0 Å². The predicted octanol–water partition coefficient (Wildman–Crippen LogP) is 15.1. The van der Waals surface area contributed by atoms with Crippen molar-refractivity contribution >= 4 is 0 Å². The average Bonchev–Trinajstić information content (AvgIpc) is 3.43. The van der Waals surface area contributed by atoms with Gasteiger partial charge in [-0.1, -0.05) is 220 Å². The molecule has 1 aliphatic heterocycles. The fourth-order valence-electron chi connectivity index (χ4n) is 7.42. The summed E-state index contributed by atoms with van der Waals surface area (Å²) in [4.78, 5) is 5.44. The zero-order chi connectivity index (χ0) is 32.3. The summed E-state index contributed by atoms with van der Waals surface area (Å²) in [5.74, 6) is 0. The zero-order valence-corrected chi connectivity index (χ0v) is 31.8. The van der Waals surface area contributed by atoms with Crippen LogP contribution in [0.2, 0.25) is 0 Å². The van der Waals surface area contributed by atoms with Gasteiger partial charge in [-0.05, 0) is 25.7 Å². The quantitative estimate of drug-likeness (QED) is 0.0630. The lowest BCUT2D eigenvalue weighted by Crippen LogP contribution is -2.39. The maximum atomic E-state index is 2.72. The Kier molecular flexibility index (Phi) is 32.6. The molecule has 1 atom stereocenters. The summed E-state index contributed by atoms with van der Waals surface area (Å²) in [6.45, 7) is 9.49. The largest absolute Gasteiger partial charge is 0.356 e. The van der Waals surface area contributed by atoms with Crippen LogP contribution in [0.1, 0.15) is 245 Å². The molecule has 0 spiro atoms. The van der Waals surface area contributed by atoms with Gasteiger partial charge in [0, 0.05) is 25.5 Å². The molecule has 1 heterocycles. The summed E-state index contributed by atoms with van der Waals surface area (Å²) in [6.07, 6.45) is 55.9. The van der Waals surface area contributed by atoms with Crippen LogP contribution in [0.25, 0.3) is 0 Å². The lowest BCUT2D eigenvalue weighted by Gasteiger charge is -2.33. The van der Waals surface area contributed by atoms with Gasteiger partial charge in [0.05, 0.1) is 0 Å². The third kappa shape index (κ3) is 27.0. The van der Waals surface area contributed by atoms with E-state index in [0.717, 1.165) is 0 Å². The van der Waals surface area contributed by atoms with Gasteiger partial charge in [-0.15, -0.1) is 0 Å². The molecular formula is C43H86N2. The molecule has 0 bridgehead atoms. The lowest BCUT2D eigenvalue weighted by atomic mass is 10.0. The molecule has 0 aliphatic carbocycles. The van der Waals surface area contributed by atoms with Crippen molar-refractivity contribution in [2.75, 3.05) is 13.1 Å². The summed E-state index contributed by atoms with van der Waals surface area (Å²) in [5, 5.41) is 0. The second kappa shape index (κ2) is 34.7. The monoisotopic (exact) mass is 631 g/mol. The fourth-order valence-corrected chi connectivity index (χ4v) is 7.42. The van der Waals surface area contributed by atoms with Crippen molar-refractivity contribution in [3.8, 4) is 0 Å². The summed E-state index contributed by atoms with van der Waals surface area (Å²) < 4.78 is 0. The lowest BCUT2D eigenvalue weighted by molar-refractivity contribution is 0.135. The van der Waals surface area contributed by atoms with Gasteiger partial charge in [0.25, 0.3) is 0 Å². The van der Waals surface area contributed by atoms with Crippen molar-refractivity contribution in [3.63, 3.8) is 0 Å². The van der Waals surface area contributed by atoms with Crippen LogP contribution >= 0.6 is 0 Å². The van der Waals surface area contributed by atoms with Crippen molar-refractivity contribution < 1.29 is 0 Å². The second-order valence-electron chi connectivity index (χ2n) is 15.0. The van der Waals surface area contributed by atoms with Crippen molar-refractivity contribution in [2.45, 2.75) is 252 Å². The SMILES string of the molecule is CCCCCCCCCCCCCCCCCCCN1C=CN(CCCCCCCCC)C1CCCCCCCCCCCC. The zero-order valence-electron chi connectivity index (χ0n) is 31.8. The molecule has 2 heteroatoms. The molecule has 2 nitrogen and oxygen atoms in total. The van der Waals surface area contributed by atoms with Crippen molar-refractivity contribution in [1.29, 1.82) is 0 Å². The highest BCUT2D eigenvalue weighted by Gasteiger charge is 2.24. The van der Waals surface area contributed by atoms with E-state index in [4.69, 9.17) is 0 Å². The van der Waals surface area contributed by atoms with E-state index in [1.165, 1.54) is 238 Å². The van der Waals surface area contributed by atoms with Gasteiger partial charge in [0.1, 0.15) is 6.17 Å². The molecule has 0 amide bonds. The van der Waals surface area contributed by atoms with E-state index in [0.29, 0.717) is 6.17 Å². The van der Waals surface area contributed by atoms with Gasteiger partial charge in [-0.3, -0.25) is 0 Å². The summed E-state index contributed by atoms with van der Waals surface area (Å²) >= 11 is 0. The second-order valence-corrected chi connectivity index (χ2v) is 15.0. The average molecular weight is 631 g/mol. The van der Waals surface area contributed by atoms with Crippen molar-refractivity contribution in [1.82, 2.24) is 9.80 Å². The molecule has 1 aliphatic rings. The Bertz CT molecular complexity index is 586. The topological polar surface area (TPSA) is 6.48 Å². The number of hydrogen-bond acceptors (Lipinski definition) is 2. The summed E-state index contributed by atoms with van der Waals surface area (Å²) in [5.41, 5.74) is 0. The highest BCUT2D eigenvalue weighted by Crippen LogP contribution is 2.24. The Morgan fingerprint density at radius 1 is 0.289 bits per heavy atom. The molecule has 0 saturated heterocycles. The van der Waals surface area contributed by atoms with Gasteiger partial charge in [0.2, 0.25) is 0 Å². The Hall–Kier alpha value is -0.660. The molecule has 0 aromatic rings. The Morgan fingerprint density at radius 2 is 0.511 bits per heavy atom. The van der Waals surface area contributed by atoms with Crippen LogP contribution in [0.15, 0.2) is 12.4 Å². The van der Waals surface area contributed by atoms with Crippen LogP contribution in [0, 0.1) is 0 Å². The first-order chi connectivity index (χ1) is 22.3. The number of nitrogens with zero attached hydrogens (tertiary/aromatic N) is 2. The first-order valence-corrected chi connectivity index (χ1v) is 21.5. The molecule has 0 saturated carbocycles. The third-order valence-electron chi connectivity index (χ3n) is 10.6. The Balaban J connectivity index is 2.14. The van der Waals surface area contributed by atoms with E-state index in [9.17, 15) is 0 Å². The molecule has 1 rings (SSSR count). The summed E-state index contributed by atoms with van der Waals surface area (Å²) in [7, 11) is 0. The standard InChI is InChI=1S/C43H86N2/c1-4-7-10-13-16-18-20-21-22-23-24-25-26-28-31-34-37-40-45-42-41-44(39-36-33-30-15-12-9-6-3)43(45)38-35-32-29-27-19-17-14-11-8-5-2/h41-43H,4-40H2,1-3H3. The van der Waals surface area contributed by atoms with Crippen molar-refractivity contribution in [3.05, 3.63) is 12.4 Å². The number of unbranched alkanes of at least 4 members (excludes halogenated alkanes) is 31. The molecule has 45 heavy (non-hydrogen) atoms. The van der Waals surface area contributed by atoms with Gasteiger partial charge in [0.15, 0.2) is 0 Å². The predicted molar refractivity (Wildman–Crippen MR) is 205 cm³/mol. The Morgan fingerprint density at radius 3 is 0.778 bits per heavy atom. The van der Waals surface area contributed by atoms with Gasteiger partial charge in [-0.2, -0.15) is 0 Å². The highest BCUT2D eigenvalue weighted by atomic mass is 15.4. The fraction of sp³-hybridized carbons (Fsp3) is 0.953. The van der Waals surface area contributed by atoms with Crippen LogP contribution in [0.5, 0.6) is 0 Å². The van der Waals surface area contributed by atoms with Crippen LogP contribution < -0.4 is 0 Å². The minimum absolute atomic E-state index is 0.639. The van der Waals surface area contributed by atoms with Gasteiger partial charge < -0.3 is 9.80 Å². The first-order valence-electron chi connectivity index (χ1n) is 21.5. The molecule has 268 valence electrons. The van der Waals surface area contributed by atoms with E-state index in [2.05, 4.69) is 43.0 Å². The molecular weight excluding hydrogens is 544 g/mol. The van der Waals surface area contributed by atoms with Crippen molar-refractivity contribution in [2.24, 2.45) is 0 Å². The van der Waals surface area contributed by atoms with E-state index < -0.39 is 0 Å². The minimum Gasteiger partial charge on any atom is -0.356 e. The van der Waals surface area contributed by atoms with Gasteiger partial charge in [-0.25, -0.2) is 0 Å². The highest BCUT2D eigenvalue weighted by molar-refractivity contribution is 4.97. The van der Waals surface area contributed by atoms with Crippen LogP contribution in [0.4, 0.5) is 0 Å². The molecule has 0 fully saturated rings. The number of rotatable bonds is 37. The Labute approximate surface area is 286 Å². The van der Waals surface area contributed by atoms with E-state index in [1.54, 1.807) is 0 Å². The van der Waals surface area contributed by atoms with Crippen LogP contribution in [-0.2, 0) is 0 Å². The van der Waals surface area contributed by atoms with E-state index in [1.807, 2.05) is 0 Å². The summed E-state index contributed by atoms with van der Waals surface area (Å²) in [6, 6.07) is 0. The molecule has 1 unspecified atom stereocenters. The van der Waals surface area contributed by atoms with Crippen LogP contribution in [-0.4, -0.2) is 29.1 Å². The first kappa shape index (κ1) is 42.4. The maximum absolute atomic E-state index is 2.72. The third-order valence-corrected chi connectivity index (χ3v) is 10.6. The molecule has 0 N–H and O–H groups in total. The maximum Gasteiger partial charge on any atom is 0.101 e. The molecule has 0 aromatic carbocycles.